The van der Waals surface area contributed by atoms with Crippen molar-refractivity contribution in [3.05, 3.63) is 28.8 Å². The van der Waals surface area contributed by atoms with Crippen LogP contribution in [0.4, 0.5) is 5.69 Å². The minimum Gasteiger partial charge on any atom is -0.371 e. The van der Waals surface area contributed by atoms with Gasteiger partial charge >= 0.3 is 0 Å². The summed E-state index contributed by atoms with van der Waals surface area (Å²) in [5.41, 5.74) is 8.33. The van der Waals surface area contributed by atoms with Crippen molar-refractivity contribution in [3.8, 4) is 0 Å². The first kappa shape index (κ1) is 17.7. The Balaban J connectivity index is 2.76. The summed E-state index contributed by atoms with van der Waals surface area (Å²) >= 11 is 8.33. The molecule has 20 heavy (non-hydrogen) atoms. The van der Waals surface area contributed by atoms with Gasteiger partial charge < -0.3 is 10.6 Å². The molecule has 1 aromatic carbocycles. The maximum absolute atomic E-state index is 6.44. The molecule has 0 fully saturated rings. The second-order valence-electron chi connectivity index (χ2n) is 5.40. The summed E-state index contributed by atoms with van der Waals surface area (Å²) in [6.07, 6.45) is 5.19. The Morgan fingerprint density at radius 2 is 2.10 bits per heavy atom. The maximum atomic E-state index is 6.44. The third kappa shape index (κ3) is 5.19. The number of anilines is 1. The molecule has 0 spiro atoms. The van der Waals surface area contributed by atoms with Crippen molar-refractivity contribution in [3.63, 3.8) is 0 Å². The molecular formula is C16H27ClN2S. The lowest BCUT2D eigenvalue weighted by Gasteiger charge is -2.28. The summed E-state index contributed by atoms with van der Waals surface area (Å²) in [5.74, 6) is 1.17. The monoisotopic (exact) mass is 314 g/mol. The fourth-order valence-electron chi connectivity index (χ4n) is 2.13. The molecule has 0 aliphatic heterocycles. The van der Waals surface area contributed by atoms with Gasteiger partial charge in [0.1, 0.15) is 0 Å². The zero-order chi connectivity index (χ0) is 15.1. The largest absolute Gasteiger partial charge is 0.371 e. The summed E-state index contributed by atoms with van der Waals surface area (Å²) < 4.78 is 0. The zero-order valence-electron chi connectivity index (χ0n) is 13.0. The molecule has 0 aliphatic carbocycles. The zero-order valence-corrected chi connectivity index (χ0v) is 14.6. The lowest BCUT2D eigenvalue weighted by molar-refractivity contribution is 0.645. The highest BCUT2D eigenvalue weighted by Gasteiger charge is 2.13. The summed E-state index contributed by atoms with van der Waals surface area (Å²) in [6, 6.07) is 7.04. The number of benzene rings is 1. The normalized spacial score (nSPS) is 14.1. The van der Waals surface area contributed by atoms with Crippen molar-refractivity contribution in [1.29, 1.82) is 0 Å². The highest BCUT2D eigenvalue weighted by atomic mass is 35.5. The molecule has 0 aliphatic rings. The van der Waals surface area contributed by atoms with E-state index in [2.05, 4.69) is 50.2 Å². The Kier molecular flexibility index (Phi) is 7.78. The van der Waals surface area contributed by atoms with Crippen LogP contribution in [0.25, 0.3) is 0 Å². The van der Waals surface area contributed by atoms with Gasteiger partial charge in [-0.15, -0.1) is 0 Å². The molecule has 0 aromatic heterocycles. The highest BCUT2D eigenvalue weighted by molar-refractivity contribution is 7.98. The van der Waals surface area contributed by atoms with E-state index in [4.69, 9.17) is 17.3 Å². The number of rotatable bonds is 8. The van der Waals surface area contributed by atoms with Gasteiger partial charge in [-0.25, -0.2) is 0 Å². The topological polar surface area (TPSA) is 29.3 Å². The van der Waals surface area contributed by atoms with E-state index in [1.165, 1.54) is 11.3 Å². The van der Waals surface area contributed by atoms with Crippen molar-refractivity contribution in [2.24, 2.45) is 5.73 Å². The fourth-order valence-corrected chi connectivity index (χ4v) is 3.04. The first-order valence-electron chi connectivity index (χ1n) is 7.25. The van der Waals surface area contributed by atoms with Gasteiger partial charge in [0.2, 0.25) is 0 Å². The molecule has 0 amide bonds. The van der Waals surface area contributed by atoms with Crippen LogP contribution in [0.2, 0.25) is 5.02 Å². The molecule has 0 saturated carbocycles. The third-order valence-corrected chi connectivity index (χ3v) is 4.76. The van der Waals surface area contributed by atoms with Gasteiger partial charge in [-0.2, -0.15) is 11.8 Å². The van der Waals surface area contributed by atoms with Crippen LogP contribution in [-0.4, -0.2) is 31.1 Å². The average Bonchev–Trinajstić information content (AvgIpc) is 2.44. The molecule has 2 atom stereocenters. The van der Waals surface area contributed by atoms with Crippen LogP contribution in [-0.2, 0) is 6.42 Å². The molecule has 1 aromatic rings. The molecule has 0 heterocycles. The Morgan fingerprint density at radius 1 is 1.40 bits per heavy atom. The van der Waals surface area contributed by atoms with Crippen molar-refractivity contribution in [2.45, 2.75) is 45.2 Å². The summed E-state index contributed by atoms with van der Waals surface area (Å²) in [6.45, 7) is 4.36. The number of hydrogen-bond donors (Lipinski definition) is 1. The SMILES string of the molecule is CCC(N)Cc1ccc(N(C)C(C)CCSC)c(Cl)c1. The van der Waals surface area contributed by atoms with Gasteiger partial charge in [0, 0.05) is 19.1 Å². The molecule has 114 valence electrons. The lowest BCUT2D eigenvalue weighted by atomic mass is 10.0. The first-order chi connectivity index (χ1) is 9.49. The molecule has 2 N–H and O–H groups in total. The number of halogens is 1. The summed E-state index contributed by atoms with van der Waals surface area (Å²) in [5, 5.41) is 0.823. The molecule has 4 heteroatoms. The molecular weight excluding hydrogens is 288 g/mol. The minimum absolute atomic E-state index is 0.218. The molecule has 0 saturated heterocycles. The van der Waals surface area contributed by atoms with Crippen molar-refractivity contribution in [2.75, 3.05) is 24.0 Å². The predicted octanol–water partition coefficient (Wildman–Crippen LogP) is 4.20. The van der Waals surface area contributed by atoms with Gasteiger partial charge in [0.15, 0.2) is 0 Å². The molecule has 0 bridgehead atoms. The van der Waals surface area contributed by atoms with Crippen LogP contribution >= 0.6 is 23.4 Å². The standard InChI is InChI=1S/C16H27ClN2S/c1-5-14(18)10-13-6-7-16(15(17)11-13)19(3)12(2)8-9-20-4/h6-7,11-12,14H,5,8-10,18H2,1-4H3. The van der Waals surface area contributed by atoms with Crippen LogP contribution < -0.4 is 10.6 Å². The van der Waals surface area contributed by atoms with Crippen LogP contribution in [0.5, 0.6) is 0 Å². The number of hydrogen-bond acceptors (Lipinski definition) is 3. The maximum Gasteiger partial charge on any atom is 0.0642 e. The van der Waals surface area contributed by atoms with E-state index in [0.717, 1.165) is 30.0 Å². The second-order valence-corrected chi connectivity index (χ2v) is 6.79. The smallest absolute Gasteiger partial charge is 0.0642 e. The van der Waals surface area contributed by atoms with E-state index < -0.39 is 0 Å². The fraction of sp³-hybridized carbons (Fsp3) is 0.625. The molecule has 1 rings (SSSR count). The van der Waals surface area contributed by atoms with E-state index in [1.54, 1.807) is 0 Å². The number of nitrogens with zero attached hydrogens (tertiary/aromatic N) is 1. The summed E-state index contributed by atoms with van der Waals surface area (Å²) in [4.78, 5) is 2.27. The first-order valence-corrected chi connectivity index (χ1v) is 9.02. The molecule has 2 unspecified atom stereocenters. The van der Waals surface area contributed by atoms with Gasteiger partial charge in [-0.3, -0.25) is 0 Å². The molecule has 2 nitrogen and oxygen atoms in total. The average molecular weight is 315 g/mol. The Hall–Kier alpha value is -0.380. The van der Waals surface area contributed by atoms with E-state index in [-0.39, 0.29) is 6.04 Å². The van der Waals surface area contributed by atoms with Crippen molar-refractivity contribution in [1.82, 2.24) is 0 Å². The lowest BCUT2D eigenvalue weighted by Crippen LogP contribution is -2.29. The van der Waals surface area contributed by atoms with Crippen molar-refractivity contribution < 1.29 is 0 Å². The van der Waals surface area contributed by atoms with Gasteiger partial charge in [0.05, 0.1) is 10.7 Å². The minimum atomic E-state index is 0.218. The predicted molar refractivity (Wildman–Crippen MR) is 94.3 cm³/mol. The van der Waals surface area contributed by atoms with Gasteiger partial charge in [-0.05, 0) is 55.9 Å². The Labute approximate surface area is 133 Å². The Morgan fingerprint density at radius 3 is 2.65 bits per heavy atom. The highest BCUT2D eigenvalue weighted by Crippen LogP contribution is 2.28. The van der Waals surface area contributed by atoms with E-state index in [9.17, 15) is 0 Å². The second kappa shape index (κ2) is 8.81. The quantitative estimate of drug-likeness (QED) is 0.780. The third-order valence-electron chi connectivity index (χ3n) is 3.82. The molecule has 0 radical (unpaired) electrons. The summed E-state index contributed by atoms with van der Waals surface area (Å²) in [7, 11) is 2.11. The van der Waals surface area contributed by atoms with Crippen LogP contribution in [0, 0.1) is 0 Å². The van der Waals surface area contributed by atoms with Crippen LogP contribution in [0.15, 0.2) is 18.2 Å². The van der Waals surface area contributed by atoms with E-state index in [1.807, 2.05) is 11.8 Å². The van der Waals surface area contributed by atoms with E-state index in [0.29, 0.717) is 6.04 Å². The number of nitrogens with two attached hydrogens (primary N) is 1. The van der Waals surface area contributed by atoms with Gasteiger partial charge in [0.25, 0.3) is 0 Å². The van der Waals surface area contributed by atoms with Crippen molar-refractivity contribution >= 4 is 29.1 Å². The number of thioether (sulfide) groups is 1. The Bertz CT molecular complexity index is 411. The van der Waals surface area contributed by atoms with Gasteiger partial charge in [-0.1, -0.05) is 24.6 Å². The van der Waals surface area contributed by atoms with E-state index >= 15 is 0 Å². The van der Waals surface area contributed by atoms with Crippen LogP contribution in [0.3, 0.4) is 0 Å². The van der Waals surface area contributed by atoms with Crippen LogP contribution in [0.1, 0.15) is 32.3 Å².